The third kappa shape index (κ3) is 8.83. The second-order valence-corrected chi connectivity index (χ2v) is 6.49. The first-order chi connectivity index (χ1) is 9.68. The largest absolute Gasteiger partial charge is 0.444 e. The Hall–Kier alpha value is -0.950. The molecule has 0 saturated carbocycles. The lowest BCUT2D eigenvalue weighted by molar-refractivity contribution is -0.00388. The van der Waals surface area contributed by atoms with Crippen molar-refractivity contribution in [2.75, 3.05) is 26.2 Å². The Labute approximate surface area is 125 Å². The summed E-state index contributed by atoms with van der Waals surface area (Å²) in [4.78, 5) is 11.3. The Morgan fingerprint density at radius 1 is 1.29 bits per heavy atom. The van der Waals surface area contributed by atoms with Crippen LogP contribution in [-0.4, -0.2) is 49.8 Å². The van der Waals surface area contributed by atoms with Crippen LogP contribution in [0.4, 0.5) is 13.6 Å². The van der Waals surface area contributed by atoms with Crippen LogP contribution in [-0.2, 0) is 4.74 Å². The lowest BCUT2D eigenvalue weighted by Crippen LogP contribution is -2.48. The summed E-state index contributed by atoms with van der Waals surface area (Å²) in [5, 5.41) is 8.15. The SMILES string of the molecule is CC(C)(C)OC(=O)NCC(F)(F)CNCC1CCCCN1. The lowest BCUT2D eigenvalue weighted by Gasteiger charge is -2.25. The zero-order valence-electron chi connectivity index (χ0n) is 13.1. The first-order valence-electron chi connectivity index (χ1n) is 7.47. The fraction of sp³-hybridized carbons (Fsp3) is 0.929. The smallest absolute Gasteiger partial charge is 0.407 e. The minimum Gasteiger partial charge on any atom is -0.444 e. The first kappa shape index (κ1) is 18.1. The summed E-state index contributed by atoms with van der Waals surface area (Å²) in [6, 6.07) is 0.258. The number of nitrogens with one attached hydrogen (secondary N) is 3. The maximum absolute atomic E-state index is 13.6. The molecule has 1 atom stereocenters. The Morgan fingerprint density at radius 3 is 2.57 bits per heavy atom. The molecular weight excluding hydrogens is 280 g/mol. The van der Waals surface area contributed by atoms with Gasteiger partial charge in [-0.1, -0.05) is 6.42 Å². The maximum atomic E-state index is 13.6. The van der Waals surface area contributed by atoms with Crippen LogP contribution in [0.25, 0.3) is 0 Å². The molecule has 124 valence electrons. The molecule has 1 amide bonds. The number of rotatable bonds is 6. The molecule has 0 aliphatic carbocycles. The van der Waals surface area contributed by atoms with Gasteiger partial charge in [0.1, 0.15) is 5.60 Å². The van der Waals surface area contributed by atoms with Crippen LogP contribution in [0.2, 0.25) is 0 Å². The van der Waals surface area contributed by atoms with Crippen LogP contribution < -0.4 is 16.0 Å². The zero-order valence-corrected chi connectivity index (χ0v) is 13.1. The van der Waals surface area contributed by atoms with Crippen LogP contribution in [0.3, 0.4) is 0 Å². The second kappa shape index (κ2) is 7.89. The van der Waals surface area contributed by atoms with E-state index >= 15 is 0 Å². The summed E-state index contributed by atoms with van der Waals surface area (Å²) in [7, 11) is 0. The molecule has 3 N–H and O–H groups in total. The monoisotopic (exact) mass is 307 g/mol. The minimum atomic E-state index is -2.99. The molecule has 0 radical (unpaired) electrons. The van der Waals surface area contributed by atoms with Crippen molar-refractivity contribution in [1.82, 2.24) is 16.0 Å². The Balaban J connectivity index is 2.18. The van der Waals surface area contributed by atoms with E-state index in [0.29, 0.717) is 6.54 Å². The van der Waals surface area contributed by atoms with Gasteiger partial charge in [0, 0.05) is 12.6 Å². The normalized spacial score (nSPS) is 20.1. The maximum Gasteiger partial charge on any atom is 0.407 e. The van der Waals surface area contributed by atoms with Gasteiger partial charge in [0.05, 0.1) is 13.1 Å². The molecule has 1 saturated heterocycles. The number of halogens is 2. The van der Waals surface area contributed by atoms with Gasteiger partial charge in [0.25, 0.3) is 5.92 Å². The Morgan fingerprint density at radius 2 is 2.00 bits per heavy atom. The second-order valence-electron chi connectivity index (χ2n) is 6.49. The molecule has 0 spiro atoms. The molecule has 7 heteroatoms. The predicted octanol–water partition coefficient (Wildman–Crippen LogP) is 1.88. The van der Waals surface area contributed by atoms with Crippen molar-refractivity contribution in [1.29, 1.82) is 0 Å². The van der Waals surface area contributed by atoms with Gasteiger partial charge in [0.2, 0.25) is 0 Å². The van der Waals surface area contributed by atoms with E-state index in [9.17, 15) is 13.6 Å². The number of carbonyl (C=O) groups is 1. The molecule has 1 aliphatic heterocycles. The van der Waals surface area contributed by atoms with E-state index in [2.05, 4.69) is 16.0 Å². The van der Waals surface area contributed by atoms with E-state index in [0.717, 1.165) is 25.8 Å². The Kier molecular flexibility index (Phi) is 6.80. The highest BCUT2D eigenvalue weighted by Gasteiger charge is 2.30. The molecule has 5 nitrogen and oxygen atoms in total. The van der Waals surface area contributed by atoms with Crippen molar-refractivity contribution in [2.45, 2.75) is 57.6 Å². The molecule has 0 bridgehead atoms. The molecule has 1 aliphatic rings. The number of alkyl carbamates (subject to hydrolysis) is 1. The number of alkyl halides is 2. The quantitative estimate of drug-likeness (QED) is 0.701. The summed E-state index contributed by atoms with van der Waals surface area (Å²) < 4.78 is 32.2. The summed E-state index contributed by atoms with van der Waals surface area (Å²) in [5.74, 6) is -2.99. The van der Waals surface area contributed by atoms with E-state index in [1.165, 1.54) is 0 Å². The van der Waals surface area contributed by atoms with Crippen LogP contribution in [0.15, 0.2) is 0 Å². The van der Waals surface area contributed by atoms with E-state index in [1.807, 2.05) is 0 Å². The predicted molar refractivity (Wildman–Crippen MR) is 77.7 cm³/mol. The topological polar surface area (TPSA) is 62.4 Å². The molecule has 1 unspecified atom stereocenters. The van der Waals surface area contributed by atoms with Gasteiger partial charge in [-0.15, -0.1) is 0 Å². The van der Waals surface area contributed by atoms with Gasteiger partial charge in [-0.2, -0.15) is 0 Å². The fourth-order valence-electron chi connectivity index (χ4n) is 2.11. The Bertz CT molecular complexity index is 327. The number of amides is 1. The van der Waals surface area contributed by atoms with Crippen LogP contribution in [0.1, 0.15) is 40.0 Å². The number of ether oxygens (including phenoxy) is 1. The van der Waals surface area contributed by atoms with E-state index in [4.69, 9.17) is 4.74 Å². The summed E-state index contributed by atoms with van der Waals surface area (Å²) in [6.45, 7) is 5.33. The number of carbonyl (C=O) groups excluding carboxylic acids is 1. The number of piperidine rings is 1. The van der Waals surface area contributed by atoms with Crippen molar-refractivity contribution in [3.63, 3.8) is 0 Å². The van der Waals surface area contributed by atoms with Crippen LogP contribution in [0.5, 0.6) is 0 Å². The first-order valence-corrected chi connectivity index (χ1v) is 7.47. The third-order valence-corrected chi connectivity index (χ3v) is 3.08. The standard InChI is InChI=1S/C14H27F2N3O2/c1-13(2,3)21-12(20)19-10-14(15,16)9-17-8-11-6-4-5-7-18-11/h11,17-18H,4-10H2,1-3H3,(H,19,20). The lowest BCUT2D eigenvalue weighted by atomic mass is 10.1. The molecule has 1 rings (SSSR count). The highest BCUT2D eigenvalue weighted by molar-refractivity contribution is 5.67. The van der Waals surface area contributed by atoms with Gasteiger partial charge in [0.15, 0.2) is 0 Å². The fourth-order valence-corrected chi connectivity index (χ4v) is 2.11. The van der Waals surface area contributed by atoms with Gasteiger partial charge >= 0.3 is 6.09 Å². The van der Waals surface area contributed by atoms with E-state index < -0.39 is 30.7 Å². The summed E-state index contributed by atoms with van der Waals surface area (Å²) in [5.41, 5.74) is -0.690. The minimum absolute atomic E-state index is 0.258. The molecular formula is C14H27F2N3O2. The van der Waals surface area contributed by atoms with Gasteiger partial charge in [-0.3, -0.25) is 0 Å². The van der Waals surface area contributed by atoms with Crippen molar-refractivity contribution in [3.05, 3.63) is 0 Å². The van der Waals surface area contributed by atoms with Crippen molar-refractivity contribution < 1.29 is 18.3 Å². The van der Waals surface area contributed by atoms with Crippen molar-refractivity contribution >= 4 is 6.09 Å². The van der Waals surface area contributed by atoms with Gasteiger partial charge in [-0.25, -0.2) is 13.6 Å². The molecule has 0 aromatic heterocycles. The van der Waals surface area contributed by atoms with E-state index in [-0.39, 0.29) is 6.04 Å². The zero-order chi connectivity index (χ0) is 15.9. The average Bonchev–Trinajstić information content (AvgIpc) is 2.36. The third-order valence-electron chi connectivity index (χ3n) is 3.08. The average molecular weight is 307 g/mol. The molecule has 0 aromatic carbocycles. The highest BCUT2D eigenvalue weighted by atomic mass is 19.3. The molecule has 1 fully saturated rings. The summed E-state index contributed by atoms with van der Waals surface area (Å²) >= 11 is 0. The van der Waals surface area contributed by atoms with Gasteiger partial charge in [-0.05, 0) is 40.2 Å². The number of hydrogen-bond donors (Lipinski definition) is 3. The summed E-state index contributed by atoms with van der Waals surface area (Å²) in [6.07, 6.45) is 2.47. The van der Waals surface area contributed by atoms with Crippen molar-refractivity contribution in [2.24, 2.45) is 0 Å². The van der Waals surface area contributed by atoms with E-state index in [1.54, 1.807) is 20.8 Å². The van der Waals surface area contributed by atoms with Crippen LogP contribution >= 0.6 is 0 Å². The molecule has 21 heavy (non-hydrogen) atoms. The molecule has 0 aromatic rings. The molecule has 1 heterocycles. The highest BCUT2D eigenvalue weighted by Crippen LogP contribution is 2.12. The van der Waals surface area contributed by atoms with Gasteiger partial charge < -0.3 is 20.7 Å². The van der Waals surface area contributed by atoms with Crippen LogP contribution in [0, 0.1) is 0 Å². The van der Waals surface area contributed by atoms with Crippen molar-refractivity contribution in [3.8, 4) is 0 Å². The number of hydrogen-bond acceptors (Lipinski definition) is 4.